The Kier molecular flexibility index (Phi) is 8.87. The number of hydrogen-bond acceptors (Lipinski definition) is 5. The number of sulfonamides is 1. The van der Waals surface area contributed by atoms with Gasteiger partial charge in [-0.05, 0) is 86.3 Å². The minimum absolute atomic E-state index is 0.108. The fourth-order valence-corrected chi connectivity index (χ4v) is 8.18. The Morgan fingerprint density at radius 3 is 2.33 bits per heavy atom. The summed E-state index contributed by atoms with van der Waals surface area (Å²) >= 11 is 12.7. The Balaban J connectivity index is 1.65. The molecular weight excluding hydrogens is 571 g/mol. The van der Waals surface area contributed by atoms with Gasteiger partial charge in [-0.3, -0.25) is 4.79 Å². The number of benzene rings is 2. The molecule has 0 spiro atoms. The average Bonchev–Trinajstić information content (AvgIpc) is 3.84. The molecule has 2 aromatic rings. The van der Waals surface area contributed by atoms with Crippen molar-refractivity contribution in [3.8, 4) is 0 Å². The minimum Gasteiger partial charge on any atom is -0.394 e. The second-order valence-corrected chi connectivity index (χ2v) is 14.7. The second-order valence-electron chi connectivity index (χ2n) is 11.7. The topological polar surface area (TPSA) is 107 Å². The molecule has 3 N–H and O–H groups in total. The third-order valence-corrected chi connectivity index (χ3v) is 11.4. The molecule has 2 unspecified atom stereocenters. The van der Waals surface area contributed by atoms with Gasteiger partial charge in [0, 0.05) is 28.5 Å². The molecule has 5 atom stereocenters. The van der Waals surface area contributed by atoms with E-state index in [-0.39, 0.29) is 42.0 Å². The molecule has 1 amide bonds. The van der Waals surface area contributed by atoms with E-state index in [9.17, 15) is 23.4 Å². The van der Waals surface area contributed by atoms with Gasteiger partial charge in [-0.1, -0.05) is 54.4 Å². The van der Waals surface area contributed by atoms with Crippen LogP contribution in [0, 0.1) is 11.3 Å². The van der Waals surface area contributed by atoms with Crippen molar-refractivity contribution in [3.05, 3.63) is 69.7 Å². The highest BCUT2D eigenvalue weighted by molar-refractivity contribution is 7.90. The van der Waals surface area contributed by atoms with Gasteiger partial charge in [0.2, 0.25) is 15.9 Å². The molecule has 0 bridgehead atoms. The zero-order valence-electron chi connectivity index (χ0n) is 22.7. The lowest BCUT2D eigenvalue weighted by atomic mass is 9.64. The molecule has 40 heavy (non-hydrogen) atoms. The third-order valence-electron chi connectivity index (χ3n) is 8.96. The van der Waals surface area contributed by atoms with Crippen LogP contribution < -0.4 is 4.72 Å². The quantitative estimate of drug-likeness (QED) is 0.312. The number of rotatable bonds is 12. The van der Waals surface area contributed by atoms with Crippen molar-refractivity contribution in [1.29, 1.82) is 0 Å². The van der Waals surface area contributed by atoms with E-state index in [1.165, 1.54) is 0 Å². The number of hydrogen-bond donors (Lipinski definition) is 3. The average molecular weight is 610 g/mol. The van der Waals surface area contributed by atoms with Crippen LogP contribution in [-0.4, -0.2) is 60.0 Å². The molecule has 3 aliphatic rings. The molecule has 7 nitrogen and oxygen atoms in total. The number of aliphatic hydroxyl groups is 2. The summed E-state index contributed by atoms with van der Waals surface area (Å²) in [6.45, 7) is 1.65. The highest BCUT2D eigenvalue weighted by atomic mass is 35.5. The zero-order valence-corrected chi connectivity index (χ0v) is 25.0. The number of amides is 1. The standard InChI is InChI=1S/C30H38Cl2N2O5S/c1-2-30(15-24(36)18-35)16-26(21-4-3-5-23(32)14-21)28(20-8-10-22(31)11-9-20)34(29(30)37)27(19-6-7-19)17-33-40(38,39)25-12-13-25/h3-5,8-11,14,19,24-28,33,35-36H,2,6-7,12-13,15-18H2,1H3/t24?,26-,27?,28-,30+/m1/s1. The molecule has 0 aromatic heterocycles. The number of carbonyl (C=O) groups is 1. The first-order valence-corrected chi connectivity index (χ1v) is 16.5. The lowest BCUT2D eigenvalue weighted by Gasteiger charge is -2.53. The number of carbonyl (C=O) groups excluding carboxylic acids is 1. The molecule has 1 heterocycles. The van der Waals surface area contributed by atoms with Crippen molar-refractivity contribution in [2.45, 2.75) is 81.2 Å². The van der Waals surface area contributed by atoms with Gasteiger partial charge in [0.15, 0.2) is 0 Å². The van der Waals surface area contributed by atoms with E-state index in [1.807, 2.05) is 60.4 Å². The number of aliphatic hydroxyl groups excluding tert-OH is 2. The van der Waals surface area contributed by atoms with Crippen molar-refractivity contribution in [3.63, 3.8) is 0 Å². The summed E-state index contributed by atoms with van der Waals surface area (Å²) in [6, 6.07) is 14.4. The van der Waals surface area contributed by atoms with Crippen LogP contribution in [0.1, 0.15) is 75.0 Å². The lowest BCUT2D eigenvalue weighted by Crippen LogP contribution is -2.60. The van der Waals surface area contributed by atoms with Crippen LogP contribution in [0.15, 0.2) is 48.5 Å². The van der Waals surface area contributed by atoms with Gasteiger partial charge in [0.1, 0.15) is 0 Å². The number of piperidine rings is 1. The van der Waals surface area contributed by atoms with E-state index < -0.39 is 34.2 Å². The van der Waals surface area contributed by atoms with E-state index >= 15 is 0 Å². The maximum absolute atomic E-state index is 14.8. The van der Waals surface area contributed by atoms with Gasteiger partial charge in [0.25, 0.3) is 0 Å². The Hall–Kier alpha value is -1.68. The predicted octanol–water partition coefficient (Wildman–Crippen LogP) is 5.05. The fraction of sp³-hybridized carbons (Fsp3) is 0.567. The molecule has 2 aromatic carbocycles. The Morgan fingerprint density at radius 1 is 1.05 bits per heavy atom. The first-order chi connectivity index (χ1) is 19.1. The monoisotopic (exact) mass is 608 g/mol. The van der Waals surface area contributed by atoms with E-state index in [1.54, 1.807) is 0 Å². The van der Waals surface area contributed by atoms with Gasteiger partial charge >= 0.3 is 0 Å². The number of nitrogens with one attached hydrogen (secondary N) is 1. The van der Waals surface area contributed by atoms with Crippen LogP contribution >= 0.6 is 23.2 Å². The summed E-state index contributed by atoms with van der Waals surface area (Å²) in [5.41, 5.74) is 0.931. The summed E-state index contributed by atoms with van der Waals surface area (Å²) in [5.74, 6) is -0.135. The normalized spacial score (nSPS) is 27.0. The van der Waals surface area contributed by atoms with Crippen molar-refractivity contribution in [2.24, 2.45) is 11.3 Å². The zero-order chi connectivity index (χ0) is 28.7. The highest BCUT2D eigenvalue weighted by Gasteiger charge is 2.55. The minimum atomic E-state index is -3.46. The van der Waals surface area contributed by atoms with E-state index in [4.69, 9.17) is 23.2 Å². The summed E-state index contributed by atoms with van der Waals surface area (Å²) in [6.07, 6.45) is 3.13. The van der Waals surface area contributed by atoms with E-state index in [0.717, 1.165) is 24.0 Å². The molecular formula is C30H38Cl2N2O5S. The molecule has 2 aliphatic carbocycles. The molecule has 1 saturated heterocycles. The largest absolute Gasteiger partial charge is 0.394 e. The fourth-order valence-electron chi connectivity index (χ4n) is 6.46. The Labute approximate surface area is 246 Å². The van der Waals surface area contributed by atoms with E-state index in [0.29, 0.717) is 35.7 Å². The number of likely N-dealkylation sites (tertiary alicyclic amines) is 1. The van der Waals surface area contributed by atoms with Crippen LogP contribution in [0.5, 0.6) is 0 Å². The van der Waals surface area contributed by atoms with Gasteiger partial charge in [0.05, 0.1) is 29.4 Å². The predicted molar refractivity (Wildman–Crippen MR) is 157 cm³/mol. The first-order valence-electron chi connectivity index (χ1n) is 14.2. The summed E-state index contributed by atoms with van der Waals surface area (Å²) in [7, 11) is -3.46. The number of halogens is 2. The Morgan fingerprint density at radius 2 is 1.75 bits per heavy atom. The molecule has 0 radical (unpaired) electrons. The van der Waals surface area contributed by atoms with Crippen LogP contribution in [0.25, 0.3) is 0 Å². The maximum atomic E-state index is 14.8. The molecule has 1 aliphatic heterocycles. The maximum Gasteiger partial charge on any atom is 0.229 e. The first kappa shape index (κ1) is 29.8. The lowest BCUT2D eigenvalue weighted by molar-refractivity contribution is -0.160. The SMILES string of the molecule is CC[C@]1(CC(O)CO)C[C@H](c2cccc(Cl)c2)[C@@H](c2ccc(Cl)cc2)N(C(CNS(=O)(=O)C2CC2)C2CC2)C1=O. The molecule has 3 fully saturated rings. The Bertz CT molecular complexity index is 1320. The highest BCUT2D eigenvalue weighted by Crippen LogP contribution is 2.55. The van der Waals surface area contributed by atoms with Crippen molar-refractivity contribution < 1.29 is 23.4 Å². The molecule has 5 rings (SSSR count). The van der Waals surface area contributed by atoms with E-state index in [2.05, 4.69) is 4.72 Å². The van der Waals surface area contributed by atoms with Crippen LogP contribution in [0.3, 0.4) is 0 Å². The molecule has 2 saturated carbocycles. The van der Waals surface area contributed by atoms with Crippen molar-refractivity contribution >= 4 is 39.1 Å². The van der Waals surface area contributed by atoms with Crippen molar-refractivity contribution in [2.75, 3.05) is 13.2 Å². The van der Waals surface area contributed by atoms with Crippen LogP contribution in [0.2, 0.25) is 10.0 Å². The summed E-state index contributed by atoms with van der Waals surface area (Å²) in [5, 5.41) is 21.2. The molecule has 10 heteroatoms. The smallest absolute Gasteiger partial charge is 0.229 e. The van der Waals surface area contributed by atoms with Crippen LogP contribution in [0.4, 0.5) is 0 Å². The van der Waals surface area contributed by atoms with Gasteiger partial charge in [-0.15, -0.1) is 0 Å². The third kappa shape index (κ3) is 6.22. The summed E-state index contributed by atoms with van der Waals surface area (Å²) < 4.78 is 28.6. The van der Waals surface area contributed by atoms with Gasteiger partial charge in [-0.2, -0.15) is 0 Å². The van der Waals surface area contributed by atoms with Crippen molar-refractivity contribution in [1.82, 2.24) is 9.62 Å². The van der Waals surface area contributed by atoms with Gasteiger partial charge in [-0.25, -0.2) is 13.1 Å². The second kappa shape index (κ2) is 11.9. The van der Waals surface area contributed by atoms with Crippen LogP contribution in [-0.2, 0) is 14.8 Å². The molecule has 218 valence electrons. The summed E-state index contributed by atoms with van der Waals surface area (Å²) in [4.78, 5) is 16.7. The number of nitrogens with zero attached hydrogens (tertiary/aromatic N) is 1. The van der Waals surface area contributed by atoms with Gasteiger partial charge < -0.3 is 15.1 Å².